The number of hydrogen-bond acceptors (Lipinski definition) is 4. The van der Waals surface area contributed by atoms with E-state index in [-0.39, 0.29) is 24.4 Å². The average Bonchev–Trinajstić information content (AvgIpc) is 3.00. The van der Waals surface area contributed by atoms with Gasteiger partial charge in [-0.05, 0) is 30.5 Å². The molecule has 0 fully saturated rings. The Morgan fingerprint density at radius 2 is 1.96 bits per heavy atom. The predicted molar refractivity (Wildman–Crippen MR) is 88.9 cm³/mol. The Balaban J connectivity index is 1.81. The second kappa shape index (κ2) is 8.19. The van der Waals surface area contributed by atoms with E-state index in [0.717, 1.165) is 4.88 Å². The van der Waals surface area contributed by atoms with Crippen molar-refractivity contribution in [2.24, 2.45) is 5.10 Å². The minimum absolute atomic E-state index is 0.0341. The van der Waals surface area contributed by atoms with E-state index in [0.29, 0.717) is 5.71 Å². The Hall–Kier alpha value is -2.54. The molecule has 7 heteroatoms. The molecule has 0 aliphatic heterocycles. The highest BCUT2D eigenvalue weighted by molar-refractivity contribution is 7.10. The maximum Gasteiger partial charge on any atom is 0.245 e. The van der Waals surface area contributed by atoms with Crippen LogP contribution in [0.3, 0.4) is 0 Å². The molecule has 0 saturated carbocycles. The summed E-state index contributed by atoms with van der Waals surface area (Å²) in [6.45, 7) is 1.62. The molecule has 120 valence electrons. The van der Waals surface area contributed by atoms with Gasteiger partial charge in [0.2, 0.25) is 11.8 Å². The first kappa shape index (κ1) is 16.8. The van der Waals surface area contributed by atoms with Crippen LogP contribution in [0.5, 0.6) is 0 Å². The quantitative estimate of drug-likeness (QED) is 0.630. The molecule has 2 N–H and O–H groups in total. The fourth-order valence-electron chi connectivity index (χ4n) is 1.80. The topological polar surface area (TPSA) is 70.6 Å². The molecule has 2 rings (SSSR count). The van der Waals surface area contributed by atoms with E-state index < -0.39 is 11.7 Å². The van der Waals surface area contributed by atoms with Crippen molar-refractivity contribution in [1.82, 2.24) is 5.43 Å². The summed E-state index contributed by atoms with van der Waals surface area (Å²) in [5, 5.41) is 8.23. The zero-order valence-corrected chi connectivity index (χ0v) is 13.3. The van der Waals surface area contributed by atoms with Crippen LogP contribution >= 0.6 is 11.3 Å². The van der Waals surface area contributed by atoms with E-state index in [4.69, 9.17) is 0 Å². The minimum Gasteiger partial charge on any atom is -0.323 e. The molecule has 0 radical (unpaired) electrons. The lowest BCUT2D eigenvalue weighted by molar-refractivity contribution is -0.120. The molecule has 23 heavy (non-hydrogen) atoms. The van der Waals surface area contributed by atoms with Crippen LogP contribution in [0.25, 0.3) is 0 Å². The Morgan fingerprint density at radius 3 is 2.65 bits per heavy atom. The first-order chi connectivity index (χ1) is 11.0. The number of nitrogens with one attached hydrogen (secondary N) is 2. The molecule has 2 amide bonds. The number of hydrogen-bond donors (Lipinski definition) is 2. The number of hydrazone groups is 1. The molecule has 0 bridgehead atoms. The summed E-state index contributed by atoms with van der Waals surface area (Å²) in [6, 6.07) is 9.65. The molecule has 0 atom stereocenters. The van der Waals surface area contributed by atoms with Gasteiger partial charge >= 0.3 is 0 Å². The molecule has 0 unspecified atom stereocenters. The highest BCUT2D eigenvalue weighted by Crippen LogP contribution is 2.12. The van der Waals surface area contributed by atoms with Gasteiger partial charge in [0, 0.05) is 10.6 Å². The Labute approximate surface area is 137 Å². The largest absolute Gasteiger partial charge is 0.323 e. The van der Waals surface area contributed by atoms with Crippen molar-refractivity contribution in [2.75, 3.05) is 5.32 Å². The van der Waals surface area contributed by atoms with Crippen molar-refractivity contribution in [2.45, 2.75) is 19.8 Å². The number of halogens is 1. The molecule has 0 aliphatic rings. The summed E-state index contributed by atoms with van der Waals surface area (Å²) in [4.78, 5) is 24.4. The van der Waals surface area contributed by atoms with Gasteiger partial charge in [0.15, 0.2) is 0 Å². The summed E-state index contributed by atoms with van der Waals surface area (Å²) in [7, 11) is 0. The van der Waals surface area contributed by atoms with Crippen molar-refractivity contribution < 1.29 is 14.0 Å². The van der Waals surface area contributed by atoms with Gasteiger partial charge in [-0.1, -0.05) is 18.2 Å². The SMILES string of the molecule is C/C(CC(=O)Nc1ccccc1F)=N/NC(=O)Cc1cccs1. The molecule has 2 aromatic rings. The highest BCUT2D eigenvalue weighted by Gasteiger charge is 2.08. The lowest BCUT2D eigenvalue weighted by atomic mass is 10.2. The Kier molecular flexibility index (Phi) is 5.99. The third-order valence-electron chi connectivity index (χ3n) is 2.85. The lowest BCUT2D eigenvalue weighted by Gasteiger charge is -2.06. The summed E-state index contributed by atoms with van der Waals surface area (Å²) in [5.74, 6) is -1.15. The fourth-order valence-corrected chi connectivity index (χ4v) is 2.50. The van der Waals surface area contributed by atoms with Crippen LogP contribution in [-0.4, -0.2) is 17.5 Å². The number of thiophene rings is 1. The Bertz CT molecular complexity index is 714. The summed E-state index contributed by atoms with van der Waals surface area (Å²) in [6.07, 6.45) is 0.212. The van der Waals surface area contributed by atoms with Gasteiger partial charge in [-0.25, -0.2) is 9.82 Å². The number of amides is 2. The summed E-state index contributed by atoms with van der Waals surface area (Å²) >= 11 is 1.49. The van der Waals surface area contributed by atoms with Crippen molar-refractivity contribution in [3.05, 3.63) is 52.5 Å². The molecular weight excluding hydrogens is 317 g/mol. The van der Waals surface area contributed by atoms with Crippen LogP contribution in [0.15, 0.2) is 46.9 Å². The second-order valence-corrected chi connectivity index (χ2v) is 5.88. The standard InChI is InChI=1S/C16H16FN3O2S/c1-11(19-20-16(22)10-12-5-4-8-23-12)9-15(21)18-14-7-3-2-6-13(14)17/h2-8H,9-10H2,1H3,(H,18,21)(H,20,22)/b19-11-. The molecular formula is C16H16FN3O2S. The third-order valence-corrected chi connectivity index (χ3v) is 3.73. The number of carbonyl (C=O) groups is 2. The van der Waals surface area contributed by atoms with E-state index in [1.54, 1.807) is 19.1 Å². The van der Waals surface area contributed by atoms with Gasteiger partial charge in [-0.3, -0.25) is 9.59 Å². The predicted octanol–water partition coefficient (Wildman–Crippen LogP) is 2.95. The van der Waals surface area contributed by atoms with Gasteiger partial charge in [0.05, 0.1) is 18.5 Å². The van der Waals surface area contributed by atoms with Crippen LogP contribution in [0, 0.1) is 5.82 Å². The number of anilines is 1. The van der Waals surface area contributed by atoms with Crippen LogP contribution in [0.1, 0.15) is 18.2 Å². The minimum atomic E-state index is -0.500. The Morgan fingerprint density at radius 1 is 1.17 bits per heavy atom. The van der Waals surface area contributed by atoms with E-state index in [2.05, 4.69) is 15.8 Å². The number of benzene rings is 1. The second-order valence-electron chi connectivity index (χ2n) is 4.84. The van der Waals surface area contributed by atoms with Crippen molar-refractivity contribution in [3.63, 3.8) is 0 Å². The van der Waals surface area contributed by atoms with Gasteiger partial charge in [0.1, 0.15) is 5.82 Å². The van der Waals surface area contributed by atoms with E-state index in [1.165, 1.54) is 23.5 Å². The van der Waals surface area contributed by atoms with Gasteiger partial charge in [-0.2, -0.15) is 5.10 Å². The zero-order valence-electron chi connectivity index (χ0n) is 12.5. The van der Waals surface area contributed by atoms with Crippen molar-refractivity contribution in [3.8, 4) is 0 Å². The fraction of sp³-hybridized carbons (Fsp3) is 0.188. The summed E-state index contributed by atoms with van der Waals surface area (Å²) in [5.41, 5.74) is 2.95. The molecule has 1 heterocycles. The van der Waals surface area contributed by atoms with Gasteiger partial charge < -0.3 is 5.32 Å². The van der Waals surface area contributed by atoms with Crippen LogP contribution in [0.2, 0.25) is 0 Å². The normalized spacial score (nSPS) is 11.1. The number of nitrogens with zero attached hydrogens (tertiary/aromatic N) is 1. The first-order valence-electron chi connectivity index (χ1n) is 6.93. The molecule has 0 spiro atoms. The summed E-state index contributed by atoms with van der Waals surface area (Å²) < 4.78 is 13.4. The van der Waals surface area contributed by atoms with E-state index >= 15 is 0 Å². The van der Waals surface area contributed by atoms with Crippen molar-refractivity contribution >= 4 is 34.6 Å². The molecule has 0 saturated heterocycles. The third kappa shape index (κ3) is 5.63. The van der Waals surface area contributed by atoms with Crippen molar-refractivity contribution in [1.29, 1.82) is 0 Å². The van der Waals surface area contributed by atoms with E-state index in [9.17, 15) is 14.0 Å². The van der Waals surface area contributed by atoms with Gasteiger partial charge in [0.25, 0.3) is 0 Å². The monoisotopic (exact) mass is 333 g/mol. The van der Waals surface area contributed by atoms with Crippen LogP contribution in [-0.2, 0) is 16.0 Å². The first-order valence-corrected chi connectivity index (χ1v) is 7.81. The van der Waals surface area contributed by atoms with E-state index in [1.807, 2.05) is 17.5 Å². The number of para-hydroxylation sites is 1. The van der Waals surface area contributed by atoms with Crippen LogP contribution in [0.4, 0.5) is 10.1 Å². The zero-order chi connectivity index (χ0) is 16.7. The smallest absolute Gasteiger partial charge is 0.245 e. The molecule has 1 aromatic carbocycles. The lowest BCUT2D eigenvalue weighted by Crippen LogP contribution is -2.22. The molecule has 1 aromatic heterocycles. The van der Waals surface area contributed by atoms with Gasteiger partial charge in [-0.15, -0.1) is 11.3 Å². The number of rotatable bonds is 6. The maximum absolute atomic E-state index is 13.4. The maximum atomic E-state index is 13.4. The average molecular weight is 333 g/mol. The number of carbonyl (C=O) groups excluding carboxylic acids is 2. The molecule has 0 aliphatic carbocycles. The van der Waals surface area contributed by atoms with Crippen LogP contribution < -0.4 is 10.7 Å². The highest BCUT2D eigenvalue weighted by atomic mass is 32.1. The molecule has 5 nitrogen and oxygen atoms in total.